The van der Waals surface area contributed by atoms with Gasteiger partial charge in [0.05, 0.1) is 26.4 Å². The molecule has 1 aliphatic rings. The lowest BCUT2D eigenvalue weighted by molar-refractivity contribution is 0.0714. The number of rotatable bonds is 10. The zero-order valence-electron chi connectivity index (χ0n) is 10.9. The summed E-state index contributed by atoms with van der Waals surface area (Å²) >= 11 is 0. The van der Waals surface area contributed by atoms with E-state index in [1.54, 1.807) is 7.11 Å². The van der Waals surface area contributed by atoms with Crippen LogP contribution in [0, 0.1) is 5.92 Å². The summed E-state index contributed by atoms with van der Waals surface area (Å²) in [4.78, 5) is 4.29. The smallest absolute Gasteiger partial charge is 0.240 e. The van der Waals surface area contributed by atoms with Crippen molar-refractivity contribution in [1.29, 1.82) is 0 Å². The Morgan fingerprint density at radius 3 is 3.00 bits per heavy atom. The second-order valence-electron chi connectivity index (χ2n) is 4.53. The molecule has 18 heavy (non-hydrogen) atoms. The molecule has 1 heterocycles. The summed E-state index contributed by atoms with van der Waals surface area (Å²) in [5, 5.41) is 7.23. The zero-order chi connectivity index (χ0) is 12.6. The normalized spacial score (nSPS) is 15.2. The molecule has 0 saturated heterocycles. The summed E-state index contributed by atoms with van der Waals surface area (Å²) in [7, 11) is 1.66. The first-order chi connectivity index (χ1) is 8.88. The molecule has 1 aliphatic carbocycles. The Bertz CT molecular complexity index is 339. The molecule has 0 spiro atoms. The van der Waals surface area contributed by atoms with E-state index in [1.807, 2.05) is 0 Å². The molecule has 102 valence electrons. The van der Waals surface area contributed by atoms with Crippen LogP contribution < -0.4 is 5.32 Å². The van der Waals surface area contributed by atoms with Gasteiger partial charge in [0, 0.05) is 13.5 Å². The Morgan fingerprint density at radius 1 is 1.33 bits per heavy atom. The highest BCUT2D eigenvalue weighted by Gasteiger charge is 2.20. The number of methoxy groups -OCH3 is 1. The Balaban J connectivity index is 1.56. The fourth-order valence-electron chi connectivity index (χ4n) is 1.58. The van der Waals surface area contributed by atoms with Gasteiger partial charge in [0.15, 0.2) is 5.82 Å². The van der Waals surface area contributed by atoms with E-state index in [-0.39, 0.29) is 0 Å². The molecule has 0 aromatic carbocycles. The lowest BCUT2D eigenvalue weighted by Crippen LogP contribution is -2.16. The molecular weight excluding hydrogens is 234 g/mol. The molecule has 0 atom stereocenters. The van der Waals surface area contributed by atoms with Crippen LogP contribution in [0.15, 0.2) is 4.52 Å². The van der Waals surface area contributed by atoms with Crippen LogP contribution in [0.25, 0.3) is 0 Å². The summed E-state index contributed by atoms with van der Waals surface area (Å²) in [6.45, 7) is 3.52. The monoisotopic (exact) mass is 255 g/mol. The van der Waals surface area contributed by atoms with E-state index in [1.165, 1.54) is 12.8 Å². The first-order valence-electron chi connectivity index (χ1n) is 6.47. The topological polar surface area (TPSA) is 69.4 Å². The maximum Gasteiger partial charge on any atom is 0.240 e. The number of ether oxygens (including phenoxy) is 2. The molecule has 6 heteroatoms. The van der Waals surface area contributed by atoms with Crippen molar-refractivity contribution >= 4 is 0 Å². The molecule has 1 aromatic heterocycles. The lowest BCUT2D eigenvalue weighted by Gasteiger charge is -2.00. The summed E-state index contributed by atoms with van der Waals surface area (Å²) in [5.41, 5.74) is 0. The lowest BCUT2D eigenvalue weighted by atomic mass is 10.4. The van der Waals surface area contributed by atoms with E-state index in [4.69, 9.17) is 14.0 Å². The van der Waals surface area contributed by atoms with Crippen molar-refractivity contribution in [2.75, 3.05) is 33.5 Å². The summed E-state index contributed by atoms with van der Waals surface area (Å²) < 4.78 is 15.4. The first kappa shape index (κ1) is 13.5. The predicted molar refractivity (Wildman–Crippen MR) is 65.1 cm³/mol. The maximum atomic E-state index is 5.35. The van der Waals surface area contributed by atoms with Gasteiger partial charge < -0.3 is 19.3 Å². The van der Waals surface area contributed by atoms with Crippen LogP contribution in [0.4, 0.5) is 0 Å². The third kappa shape index (κ3) is 5.12. The van der Waals surface area contributed by atoms with Crippen LogP contribution in [-0.2, 0) is 22.4 Å². The Labute approximate surface area is 107 Å². The van der Waals surface area contributed by atoms with E-state index in [0.717, 1.165) is 12.5 Å². The molecule has 0 radical (unpaired) electrons. The molecule has 1 saturated carbocycles. The van der Waals surface area contributed by atoms with E-state index in [0.29, 0.717) is 44.5 Å². The molecule has 1 aromatic rings. The van der Waals surface area contributed by atoms with Gasteiger partial charge in [-0.15, -0.1) is 0 Å². The van der Waals surface area contributed by atoms with Gasteiger partial charge >= 0.3 is 0 Å². The third-order valence-corrected chi connectivity index (χ3v) is 2.82. The Hall–Kier alpha value is -0.980. The minimum atomic E-state index is 0.595. The Morgan fingerprint density at radius 2 is 2.22 bits per heavy atom. The molecule has 0 bridgehead atoms. The highest BCUT2D eigenvalue weighted by Crippen LogP contribution is 2.27. The van der Waals surface area contributed by atoms with Gasteiger partial charge in [-0.2, -0.15) is 4.98 Å². The maximum absolute atomic E-state index is 5.35. The van der Waals surface area contributed by atoms with E-state index >= 15 is 0 Å². The quantitative estimate of drug-likeness (QED) is 0.623. The van der Waals surface area contributed by atoms with Crippen LogP contribution in [0.5, 0.6) is 0 Å². The molecule has 0 amide bonds. The molecule has 1 fully saturated rings. The Kier molecular flexibility index (Phi) is 5.57. The van der Waals surface area contributed by atoms with Crippen molar-refractivity contribution < 1.29 is 14.0 Å². The molecular formula is C12H21N3O3. The largest absolute Gasteiger partial charge is 0.382 e. The average molecular weight is 255 g/mol. The third-order valence-electron chi connectivity index (χ3n) is 2.82. The minimum Gasteiger partial charge on any atom is -0.382 e. The fourth-order valence-corrected chi connectivity index (χ4v) is 1.58. The first-order valence-corrected chi connectivity index (χ1v) is 6.47. The van der Waals surface area contributed by atoms with Crippen LogP contribution in [0.1, 0.15) is 24.6 Å². The van der Waals surface area contributed by atoms with Crippen molar-refractivity contribution in [2.24, 2.45) is 5.92 Å². The fraction of sp³-hybridized carbons (Fsp3) is 0.833. The zero-order valence-corrected chi connectivity index (χ0v) is 10.9. The van der Waals surface area contributed by atoms with Crippen molar-refractivity contribution in [2.45, 2.75) is 25.8 Å². The number of nitrogens with one attached hydrogen (secondary N) is 1. The van der Waals surface area contributed by atoms with Gasteiger partial charge in [-0.1, -0.05) is 5.16 Å². The van der Waals surface area contributed by atoms with Crippen molar-refractivity contribution in [3.8, 4) is 0 Å². The van der Waals surface area contributed by atoms with Crippen LogP contribution in [-0.4, -0.2) is 43.6 Å². The van der Waals surface area contributed by atoms with Crippen molar-refractivity contribution in [1.82, 2.24) is 15.5 Å². The standard InChI is InChI=1S/C12H21N3O3/c1-16-6-7-17-5-4-11-14-12(18-15-11)9-13-8-10-2-3-10/h10,13H,2-9H2,1H3. The van der Waals surface area contributed by atoms with Gasteiger partial charge in [-0.3, -0.25) is 0 Å². The second-order valence-corrected chi connectivity index (χ2v) is 4.53. The predicted octanol–water partition coefficient (Wildman–Crippen LogP) is 0.775. The highest BCUT2D eigenvalue weighted by molar-refractivity contribution is 4.86. The summed E-state index contributed by atoms with van der Waals surface area (Å²) in [6.07, 6.45) is 3.37. The SMILES string of the molecule is COCCOCCc1noc(CNCC2CC2)n1. The molecule has 2 rings (SSSR count). The van der Waals surface area contributed by atoms with Crippen LogP contribution in [0.2, 0.25) is 0 Å². The van der Waals surface area contributed by atoms with Gasteiger partial charge in [-0.25, -0.2) is 0 Å². The molecule has 0 unspecified atom stereocenters. The van der Waals surface area contributed by atoms with E-state index in [2.05, 4.69) is 15.5 Å². The number of nitrogens with zero attached hydrogens (tertiary/aromatic N) is 2. The molecule has 6 nitrogen and oxygen atoms in total. The summed E-state index contributed by atoms with van der Waals surface area (Å²) in [5.74, 6) is 2.22. The minimum absolute atomic E-state index is 0.595. The second kappa shape index (κ2) is 7.45. The van der Waals surface area contributed by atoms with Gasteiger partial charge in [0.2, 0.25) is 5.89 Å². The molecule has 1 N–H and O–H groups in total. The van der Waals surface area contributed by atoms with Gasteiger partial charge in [-0.05, 0) is 25.3 Å². The average Bonchev–Trinajstić information content (AvgIpc) is 3.08. The number of aromatic nitrogens is 2. The highest BCUT2D eigenvalue weighted by atomic mass is 16.5. The van der Waals surface area contributed by atoms with Crippen LogP contribution in [0.3, 0.4) is 0 Å². The van der Waals surface area contributed by atoms with E-state index in [9.17, 15) is 0 Å². The number of hydrogen-bond acceptors (Lipinski definition) is 6. The molecule has 0 aliphatic heterocycles. The van der Waals surface area contributed by atoms with Crippen molar-refractivity contribution in [3.05, 3.63) is 11.7 Å². The van der Waals surface area contributed by atoms with E-state index < -0.39 is 0 Å². The van der Waals surface area contributed by atoms with Crippen molar-refractivity contribution in [3.63, 3.8) is 0 Å². The van der Waals surface area contributed by atoms with Gasteiger partial charge in [0.1, 0.15) is 0 Å². The van der Waals surface area contributed by atoms with Crippen LogP contribution >= 0.6 is 0 Å². The summed E-state index contributed by atoms with van der Waals surface area (Å²) in [6, 6.07) is 0. The number of hydrogen-bond donors (Lipinski definition) is 1. The van der Waals surface area contributed by atoms with Gasteiger partial charge in [0.25, 0.3) is 0 Å².